The van der Waals surface area contributed by atoms with E-state index in [0.717, 1.165) is 23.2 Å². The first kappa shape index (κ1) is 13.4. The lowest BCUT2D eigenvalue weighted by atomic mass is 10.4. The van der Waals surface area contributed by atoms with Gasteiger partial charge in [-0.2, -0.15) is 0 Å². The van der Waals surface area contributed by atoms with Crippen molar-refractivity contribution in [2.45, 2.75) is 24.3 Å². The van der Waals surface area contributed by atoms with Crippen LogP contribution in [0.5, 0.6) is 0 Å². The van der Waals surface area contributed by atoms with Crippen LogP contribution in [-0.4, -0.2) is 38.6 Å². The highest BCUT2D eigenvalue weighted by Crippen LogP contribution is 2.19. The summed E-state index contributed by atoms with van der Waals surface area (Å²) >= 11 is 2.93. The minimum absolute atomic E-state index is 0.0572. The summed E-state index contributed by atoms with van der Waals surface area (Å²) in [4.78, 5) is 24.5. The summed E-state index contributed by atoms with van der Waals surface area (Å²) in [5.41, 5.74) is 0.899. The Labute approximate surface area is 114 Å². The zero-order valence-corrected chi connectivity index (χ0v) is 11.8. The number of hydrogen-bond acceptors (Lipinski definition) is 6. The number of carbonyl (C=O) groups is 1. The number of aliphatic imine (C=N–C) groups is 1. The van der Waals surface area contributed by atoms with Crippen LogP contribution >= 0.6 is 23.5 Å². The second kappa shape index (κ2) is 6.19. The second-order valence-corrected chi connectivity index (χ2v) is 6.16. The van der Waals surface area contributed by atoms with E-state index in [1.807, 2.05) is 19.9 Å². The zero-order valence-electron chi connectivity index (χ0n) is 10.2. The Kier molecular flexibility index (Phi) is 4.60. The number of nitrogens with one attached hydrogen (secondary N) is 1. The molecule has 0 bridgehead atoms. The predicted molar refractivity (Wildman–Crippen MR) is 75.0 cm³/mol. The van der Waals surface area contributed by atoms with Crippen molar-refractivity contribution in [3.8, 4) is 0 Å². The average Bonchev–Trinajstić information content (AvgIpc) is 2.81. The Morgan fingerprint density at radius 2 is 2.44 bits per heavy atom. The molecule has 1 aromatic rings. The highest BCUT2D eigenvalue weighted by molar-refractivity contribution is 8.14. The Hall–Kier alpha value is -1.08. The van der Waals surface area contributed by atoms with Crippen LogP contribution in [0.25, 0.3) is 0 Å². The standard InChI is InChI=1S/C11H14N4OS2/c1-7-3-4-12-11(14-7)18-8(2)9(16)15-10-13-5-6-17-10/h3-4,8H,5-6H2,1-2H3,(H,13,15,16)/t8-/m0/s1. The third-order valence-corrected chi connectivity index (χ3v) is 4.11. The zero-order chi connectivity index (χ0) is 13.0. The SMILES string of the molecule is Cc1ccnc(S[C@@H](C)C(=O)NC2=NCCS2)n1. The van der Waals surface area contributed by atoms with Gasteiger partial charge in [-0.25, -0.2) is 9.97 Å². The number of amidine groups is 1. The van der Waals surface area contributed by atoms with Crippen molar-refractivity contribution in [1.82, 2.24) is 15.3 Å². The van der Waals surface area contributed by atoms with Crippen LogP contribution in [0.15, 0.2) is 22.4 Å². The van der Waals surface area contributed by atoms with Gasteiger partial charge in [0.2, 0.25) is 5.91 Å². The third kappa shape index (κ3) is 3.71. The Balaban J connectivity index is 1.90. The van der Waals surface area contributed by atoms with E-state index in [1.54, 1.807) is 18.0 Å². The van der Waals surface area contributed by atoms with E-state index in [2.05, 4.69) is 20.3 Å². The lowest BCUT2D eigenvalue weighted by Crippen LogP contribution is -2.33. The van der Waals surface area contributed by atoms with E-state index in [1.165, 1.54) is 11.8 Å². The van der Waals surface area contributed by atoms with Gasteiger partial charge in [-0.1, -0.05) is 23.5 Å². The summed E-state index contributed by atoms with van der Waals surface area (Å²) in [5.74, 6) is 0.885. The Morgan fingerprint density at radius 1 is 1.61 bits per heavy atom. The molecule has 0 radical (unpaired) electrons. The fourth-order valence-electron chi connectivity index (χ4n) is 1.31. The molecule has 0 saturated heterocycles. The van der Waals surface area contributed by atoms with Gasteiger partial charge in [0.05, 0.1) is 11.8 Å². The molecule has 96 valence electrons. The maximum Gasteiger partial charge on any atom is 0.239 e. The molecular weight excluding hydrogens is 268 g/mol. The van der Waals surface area contributed by atoms with Crippen molar-refractivity contribution in [3.63, 3.8) is 0 Å². The van der Waals surface area contributed by atoms with Crippen molar-refractivity contribution in [1.29, 1.82) is 0 Å². The third-order valence-electron chi connectivity index (χ3n) is 2.24. The van der Waals surface area contributed by atoms with Crippen molar-refractivity contribution in [2.75, 3.05) is 12.3 Å². The summed E-state index contributed by atoms with van der Waals surface area (Å²) in [7, 11) is 0. The van der Waals surface area contributed by atoms with Crippen LogP contribution in [0.2, 0.25) is 0 Å². The van der Waals surface area contributed by atoms with Crippen molar-refractivity contribution in [3.05, 3.63) is 18.0 Å². The molecule has 2 heterocycles. The Bertz CT molecular complexity index is 478. The predicted octanol–water partition coefficient (Wildman–Crippen LogP) is 1.48. The first-order chi connectivity index (χ1) is 8.65. The summed E-state index contributed by atoms with van der Waals surface area (Å²) in [6.07, 6.45) is 1.70. The highest BCUT2D eigenvalue weighted by Gasteiger charge is 2.18. The number of nitrogens with zero attached hydrogens (tertiary/aromatic N) is 3. The van der Waals surface area contributed by atoms with Crippen LogP contribution < -0.4 is 5.32 Å². The van der Waals surface area contributed by atoms with Crippen molar-refractivity contribution in [2.24, 2.45) is 4.99 Å². The van der Waals surface area contributed by atoms with E-state index in [4.69, 9.17) is 0 Å². The van der Waals surface area contributed by atoms with E-state index in [9.17, 15) is 4.79 Å². The number of hydrogen-bond donors (Lipinski definition) is 1. The van der Waals surface area contributed by atoms with E-state index in [-0.39, 0.29) is 11.2 Å². The maximum atomic E-state index is 11.9. The molecule has 1 N–H and O–H groups in total. The van der Waals surface area contributed by atoms with Gasteiger partial charge in [0.25, 0.3) is 0 Å². The van der Waals surface area contributed by atoms with Gasteiger partial charge in [0.15, 0.2) is 10.3 Å². The molecule has 0 unspecified atom stereocenters. The first-order valence-electron chi connectivity index (χ1n) is 5.59. The van der Waals surface area contributed by atoms with Gasteiger partial charge in [-0.05, 0) is 19.9 Å². The normalized spacial score (nSPS) is 16.2. The van der Waals surface area contributed by atoms with E-state index < -0.39 is 0 Å². The molecule has 2 rings (SSSR count). The molecule has 0 saturated carbocycles. The number of rotatable bonds is 3. The minimum Gasteiger partial charge on any atom is -0.304 e. The molecule has 1 amide bonds. The molecule has 0 fully saturated rings. The molecule has 18 heavy (non-hydrogen) atoms. The van der Waals surface area contributed by atoms with Gasteiger partial charge in [0, 0.05) is 17.6 Å². The lowest BCUT2D eigenvalue weighted by Gasteiger charge is -2.10. The highest BCUT2D eigenvalue weighted by atomic mass is 32.2. The molecule has 0 aromatic carbocycles. The number of carbonyl (C=O) groups excluding carboxylic acids is 1. The molecule has 1 aliphatic heterocycles. The molecule has 0 spiro atoms. The van der Waals surface area contributed by atoms with Gasteiger partial charge in [0.1, 0.15) is 0 Å². The number of aryl methyl sites for hydroxylation is 1. The van der Waals surface area contributed by atoms with Crippen LogP contribution in [0.3, 0.4) is 0 Å². The lowest BCUT2D eigenvalue weighted by molar-refractivity contribution is -0.118. The molecule has 1 aromatic heterocycles. The monoisotopic (exact) mass is 282 g/mol. The van der Waals surface area contributed by atoms with Crippen molar-refractivity contribution >= 4 is 34.6 Å². The summed E-state index contributed by atoms with van der Waals surface area (Å²) < 4.78 is 0. The molecule has 5 nitrogen and oxygen atoms in total. The van der Waals surface area contributed by atoms with Gasteiger partial charge in [-0.3, -0.25) is 9.79 Å². The number of aromatic nitrogens is 2. The second-order valence-electron chi connectivity index (χ2n) is 3.77. The van der Waals surface area contributed by atoms with Gasteiger partial charge < -0.3 is 5.32 Å². The molecule has 1 aliphatic rings. The summed E-state index contributed by atoms with van der Waals surface area (Å²) in [6, 6.07) is 1.83. The quantitative estimate of drug-likeness (QED) is 0.672. The van der Waals surface area contributed by atoms with Crippen LogP contribution in [0.4, 0.5) is 0 Å². The Morgan fingerprint density at radius 3 is 3.11 bits per heavy atom. The largest absolute Gasteiger partial charge is 0.304 e. The fourth-order valence-corrected chi connectivity index (χ4v) is 2.84. The summed E-state index contributed by atoms with van der Waals surface area (Å²) in [6.45, 7) is 4.52. The molecule has 1 atom stereocenters. The van der Waals surface area contributed by atoms with E-state index in [0.29, 0.717) is 5.16 Å². The van der Waals surface area contributed by atoms with Gasteiger partial charge >= 0.3 is 0 Å². The van der Waals surface area contributed by atoms with E-state index >= 15 is 0 Å². The number of thioether (sulfide) groups is 2. The van der Waals surface area contributed by atoms with Gasteiger partial charge in [-0.15, -0.1) is 0 Å². The minimum atomic E-state index is -0.240. The maximum absolute atomic E-state index is 11.9. The van der Waals surface area contributed by atoms with Crippen LogP contribution in [0, 0.1) is 6.92 Å². The fraction of sp³-hybridized carbons (Fsp3) is 0.455. The van der Waals surface area contributed by atoms with Crippen LogP contribution in [0.1, 0.15) is 12.6 Å². The average molecular weight is 282 g/mol. The topological polar surface area (TPSA) is 67.2 Å². The smallest absolute Gasteiger partial charge is 0.239 e. The molecular formula is C11H14N4OS2. The first-order valence-corrected chi connectivity index (χ1v) is 7.46. The summed E-state index contributed by atoms with van der Waals surface area (Å²) in [5, 5.41) is 3.91. The van der Waals surface area contributed by atoms with Crippen molar-refractivity contribution < 1.29 is 4.79 Å². The molecule has 0 aliphatic carbocycles. The van der Waals surface area contributed by atoms with Crippen LogP contribution in [-0.2, 0) is 4.79 Å². The molecule has 7 heteroatoms. The number of amides is 1.